The third-order valence-electron chi connectivity index (χ3n) is 2.18. The third-order valence-corrected chi connectivity index (χ3v) is 2.18. The van der Waals surface area contributed by atoms with Gasteiger partial charge < -0.3 is 10.4 Å². The summed E-state index contributed by atoms with van der Waals surface area (Å²) in [6.07, 6.45) is 2.67. The summed E-state index contributed by atoms with van der Waals surface area (Å²) in [6, 6.07) is 7.36. The van der Waals surface area contributed by atoms with Crippen LogP contribution < -0.4 is 5.32 Å². The first kappa shape index (κ1) is 7.47. The van der Waals surface area contributed by atoms with Crippen LogP contribution in [0.25, 0.3) is 0 Å². The molecule has 1 aliphatic rings. The van der Waals surface area contributed by atoms with Gasteiger partial charge in [-0.15, -0.1) is 0 Å². The normalized spacial score (nSPS) is 16.0. The number of para-hydroxylation sites is 2. The Morgan fingerprint density at radius 2 is 2.08 bits per heavy atom. The minimum absolute atomic E-state index is 0.346. The SMILES string of the molecule is Oc1ccccc1NCC1CC1. The van der Waals surface area contributed by atoms with Crippen molar-refractivity contribution < 1.29 is 5.11 Å². The van der Waals surface area contributed by atoms with E-state index in [2.05, 4.69) is 5.32 Å². The average molecular weight is 163 g/mol. The van der Waals surface area contributed by atoms with Crippen LogP contribution in [-0.2, 0) is 0 Å². The zero-order valence-electron chi connectivity index (χ0n) is 6.96. The molecule has 0 amide bonds. The van der Waals surface area contributed by atoms with Gasteiger partial charge in [0, 0.05) is 6.54 Å². The predicted octanol–water partition coefficient (Wildman–Crippen LogP) is 2.21. The molecule has 0 aliphatic heterocycles. The molecule has 0 atom stereocenters. The monoisotopic (exact) mass is 163 g/mol. The molecule has 0 aromatic heterocycles. The van der Waals surface area contributed by atoms with E-state index in [9.17, 15) is 5.11 Å². The summed E-state index contributed by atoms with van der Waals surface area (Å²) in [6.45, 7) is 0.998. The van der Waals surface area contributed by atoms with E-state index in [0.717, 1.165) is 18.2 Å². The van der Waals surface area contributed by atoms with Crippen LogP contribution in [0.5, 0.6) is 5.75 Å². The molecule has 1 aromatic carbocycles. The zero-order valence-corrected chi connectivity index (χ0v) is 6.96. The van der Waals surface area contributed by atoms with Crippen molar-refractivity contribution in [2.24, 2.45) is 5.92 Å². The average Bonchev–Trinajstić information content (AvgIpc) is 2.86. The molecule has 2 rings (SSSR count). The first-order valence-electron chi connectivity index (χ1n) is 4.38. The zero-order chi connectivity index (χ0) is 8.39. The Bertz CT molecular complexity index is 268. The fourth-order valence-electron chi connectivity index (χ4n) is 1.20. The van der Waals surface area contributed by atoms with Gasteiger partial charge in [-0.3, -0.25) is 0 Å². The first-order valence-corrected chi connectivity index (χ1v) is 4.38. The summed E-state index contributed by atoms with van der Waals surface area (Å²) < 4.78 is 0. The maximum Gasteiger partial charge on any atom is 0.138 e. The molecular weight excluding hydrogens is 150 g/mol. The molecule has 1 fully saturated rings. The van der Waals surface area contributed by atoms with Crippen LogP contribution in [0, 0.1) is 5.92 Å². The Morgan fingerprint density at radius 3 is 2.75 bits per heavy atom. The quantitative estimate of drug-likeness (QED) is 0.669. The Hall–Kier alpha value is -1.18. The molecule has 0 heterocycles. The summed E-state index contributed by atoms with van der Waals surface area (Å²) in [4.78, 5) is 0. The van der Waals surface area contributed by atoms with Gasteiger partial charge in [-0.1, -0.05) is 12.1 Å². The van der Waals surface area contributed by atoms with Crippen molar-refractivity contribution in [1.82, 2.24) is 0 Å². The lowest BCUT2D eigenvalue weighted by molar-refractivity contribution is 0.477. The number of nitrogens with one attached hydrogen (secondary N) is 1. The van der Waals surface area contributed by atoms with Gasteiger partial charge in [-0.25, -0.2) is 0 Å². The lowest BCUT2D eigenvalue weighted by Crippen LogP contribution is -2.02. The van der Waals surface area contributed by atoms with Gasteiger partial charge in [0.15, 0.2) is 0 Å². The Labute approximate surface area is 72.2 Å². The second-order valence-electron chi connectivity index (χ2n) is 3.34. The van der Waals surface area contributed by atoms with Crippen molar-refractivity contribution in [3.63, 3.8) is 0 Å². The van der Waals surface area contributed by atoms with Crippen molar-refractivity contribution in [1.29, 1.82) is 0 Å². The van der Waals surface area contributed by atoms with E-state index in [1.54, 1.807) is 6.07 Å². The van der Waals surface area contributed by atoms with Gasteiger partial charge in [0.05, 0.1) is 5.69 Å². The highest BCUT2D eigenvalue weighted by molar-refractivity contribution is 5.55. The number of rotatable bonds is 3. The van der Waals surface area contributed by atoms with Crippen LogP contribution in [0.4, 0.5) is 5.69 Å². The summed E-state index contributed by atoms with van der Waals surface area (Å²) in [7, 11) is 0. The number of aromatic hydroxyl groups is 1. The largest absolute Gasteiger partial charge is 0.506 e. The fourth-order valence-corrected chi connectivity index (χ4v) is 1.20. The smallest absolute Gasteiger partial charge is 0.138 e. The van der Waals surface area contributed by atoms with Crippen LogP contribution in [-0.4, -0.2) is 11.7 Å². The predicted molar refractivity (Wildman–Crippen MR) is 49.3 cm³/mol. The van der Waals surface area contributed by atoms with Gasteiger partial charge in [0.1, 0.15) is 5.75 Å². The van der Waals surface area contributed by atoms with Gasteiger partial charge in [0.2, 0.25) is 0 Å². The Kier molecular flexibility index (Phi) is 1.90. The lowest BCUT2D eigenvalue weighted by Gasteiger charge is -2.06. The molecule has 0 saturated heterocycles. The third kappa shape index (κ3) is 1.70. The highest BCUT2D eigenvalue weighted by Crippen LogP contribution is 2.30. The van der Waals surface area contributed by atoms with Crippen molar-refractivity contribution in [2.45, 2.75) is 12.8 Å². The second kappa shape index (κ2) is 3.05. The van der Waals surface area contributed by atoms with Crippen molar-refractivity contribution in [2.75, 3.05) is 11.9 Å². The molecule has 2 nitrogen and oxygen atoms in total. The minimum atomic E-state index is 0.346. The highest BCUT2D eigenvalue weighted by Gasteiger charge is 2.20. The van der Waals surface area contributed by atoms with E-state index in [4.69, 9.17) is 0 Å². The Balaban J connectivity index is 1.96. The number of phenolic OH excluding ortho intramolecular Hbond substituents is 1. The van der Waals surface area contributed by atoms with Crippen molar-refractivity contribution in [3.05, 3.63) is 24.3 Å². The standard InChI is InChI=1S/C10H13NO/c12-10-4-2-1-3-9(10)11-7-8-5-6-8/h1-4,8,11-12H,5-7H2. The molecule has 1 aromatic rings. The molecule has 2 N–H and O–H groups in total. The molecule has 1 saturated carbocycles. The number of benzene rings is 1. The Morgan fingerprint density at radius 1 is 1.33 bits per heavy atom. The van der Waals surface area contributed by atoms with E-state index < -0.39 is 0 Å². The summed E-state index contributed by atoms with van der Waals surface area (Å²) in [5, 5.41) is 12.6. The molecule has 2 heteroatoms. The maximum absolute atomic E-state index is 9.38. The van der Waals surface area contributed by atoms with Crippen LogP contribution in [0.1, 0.15) is 12.8 Å². The number of phenols is 1. The molecule has 64 valence electrons. The molecule has 12 heavy (non-hydrogen) atoms. The van der Waals surface area contributed by atoms with E-state index in [0.29, 0.717) is 5.75 Å². The van der Waals surface area contributed by atoms with Gasteiger partial charge in [-0.05, 0) is 30.9 Å². The summed E-state index contributed by atoms with van der Waals surface area (Å²) in [5.74, 6) is 1.18. The topological polar surface area (TPSA) is 32.3 Å². The first-order chi connectivity index (χ1) is 5.86. The minimum Gasteiger partial charge on any atom is -0.506 e. The molecule has 1 aliphatic carbocycles. The fraction of sp³-hybridized carbons (Fsp3) is 0.400. The van der Waals surface area contributed by atoms with Crippen LogP contribution >= 0.6 is 0 Å². The maximum atomic E-state index is 9.38. The van der Waals surface area contributed by atoms with Crippen molar-refractivity contribution in [3.8, 4) is 5.75 Å². The molecule has 0 radical (unpaired) electrons. The summed E-state index contributed by atoms with van der Waals surface area (Å²) in [5.41, 5.74) is 0.851. The number of anilines is 1. The van der Waals surface area contributed by atoms with Gasteiger partial charge >= 0.3 is 0 Å². The van der Waals surface area contributed by atoms with Crippen molar-refractivity contribution >= 4 is 5.69 Å². The van der Waals surface area contributed by atoms with Crippen LogP contribution in [0.3, 0.4) is 0 Å². The van der Waals surface area contributed by atoms with Gasteiger partial charge in [0.25, 0.3) is 0 Å². The van der Waals surface area contributed by atoms with E-state index in [-0.39, 0.29) is 0 Å². The van der Waals surface area contributed by atoms with E-state index in [1.165, 1.54) is 12.8 Å². The van der Waals surface area contributed by atoms with Crippen LogP contribution in [0.2, 0.25) is 0 Å². The van der Waals surface area contributed by atoms with Gasteiger partial charge in [-0.2, -0.15) is 0 Å². The number of hydrogen-bond acceptors (Lipinski definition) is 2. The molecular formula is C10H13NO. The molecule has 0 unspecified atom stereocenters. The summed E-state index contributed by atoms with van der Waals surface area (Å²) >= 11 is 0. The number of hydrogen-bond donors (Lipinski definition) is 2. The molecule has 0 spiro atoms. The van der Waals surface area contributed by atoms with Crippen LogP contribution in [0.15, 0.2) is 24.3 Å². The highest BCUT2D eigenvalue weighted by atomic mass is 16.3. The van der Waals surface area contributed by atoms with E-state index in [1.807, 2.05) is 18.2 Å². The second-order valence-corrected chi connectivity index (χ2v) is 3.34. The van der Waals surface area contributed by atoms with E-state index >= 15 is 0 Å². The lowest BCUT2D eigenvalue weighted by atomic mass is 10.3. The molecule has 0 bridgehead atoms.